The topological polar surface area (TPSA) is 119 Å². The average molecular weight is 491 g/mol. The maximum absolute atomic E-state index is 11.1. The Bertz CT molecular complexity index is 651. The summed E-state index contributed by atoms with van der Waals surface area (Å²) in [5, 5.41) is 0. The molecule has 0 aromatic rings. The van der Waals surface area contributed by atoms with Crippen molar-refractivity contribution in [3.63, 3.8) is 0 Å². The molecule has 0 bridgehead atoms. The van der Waals surface area contributed by atoms with E-state index in [0.717, 1.165) is 7.11 Å². The Hall–Kier alpha value is -1.50. The molecular formula is C19H39ClN2O8S. The van der Waals surface area contributed by atoms with Crippen LogP contribution < -0.4 is 12.4 Å². The molecule has 0 heterocycles. The van der Waals surface area contributed by atoms with Gasteiger partial charge < -0.3 is 26.4 Å². The summed E-state index contributed by atoms with van der Waals surface area (Å²) >= 11 is 0. The van der Waals surface area contributed by atoms with Gasteiger partial charge in [0.1, 0.15) is 0 Å². The number of hydrogen-bond acceptors (Lipinski definition) is 8. The van der Waals surface area contributed by atoms with Crippen LogP contribution in [0.25, 0.3) is 0 Å². The molecule has 0 amide bonds. The smallest absolute Gasteiger partial charge is 0.337 e. The normalized spacial score (nSPS) is 12.9. The summed E-state index contributed by atoms with van der Waals surface area (Å²) in [6.45, 7) is 14.0. The van der Waals surface area contributed by atoms with Crippen molar-refractivity contribution in [2.45, 2.75) is 40.2 Å². The van der Waals surface area contributed by atoms with Crippen molar-refractivity contribution in [1.82, 2.24) is 0 Å². The predicted molar refractivity (Wildman–Crippen MR) is 114 cm³/mol. The van der Waals surface area contributed by atoms with E-state index in [1.165, 1.54) is 0 Å². The van der Waals surface area contributed by atoms with Crippen LogP contribution >= 0.6 is 0 Å². The second kappa shape index (κ2) is 15.3. The van der Waals surface area contributed by atoms with Gasteiger partial charge >= 0.3 is 11.9 Å². The lowest BCUT2D eigenvalue weighted by Crippen LogP contribution is -3.00. The lowest BCUT2D eigenvalue weighted by Gasteiger charge is -2.30. The lowest BCUT2D eigenvalue weighted by atomic mass is 10.3. The van der Waals surface area contributed by atoms with Crippen LogP contribution in [0, 0.1) is 0 Å². The minimum atomic E-state index is -4.41. The first-order chi connectivity index (χ1) is 13.1. The molecule has 0 aliphatic rings. The first-order valence-corrected chi connectivity index (χ1v) is 10.3. The van der Waals surface area contributed by atoms with Crippen molar-refractivity contribution >= 4 is 22.3 Å². The summed E-state index contributed by atoms with van der Waals surface area (Å²) in [5.41, 5.74) is 0.880. The zero-order valence-electron chi connectivity index (χ0n) is 20.5. The third-order valence-electron chi connectivity index (χ3n) is 3.64. The summed E-state index contributed by atoms with van der Waals surface area (Å²) in [6.07, 6.45) is -0.289. The van der Waals surface area contributed by atoms with Gasteiger partial charge in [0, 0.05) is 25.0 Å². The van der Waals surface area contributed by atoms with Gasteiger partial charge in [-0.1, -0.05) is 13.2 Å². The molecule has 12 heteroatoms. The van der Waals surface area contributed by atoms with E-state index < -0.39 is 10.4 Å². The quantitative estimate of drug-likeness (QED) is 0.105. The molecule has 0 fully saturated rings. The predicted octanol–water partition coefficient (Wildman–Crippen LogP) is -1.59. The number of hydrogen-bond donors (Lipinski definition) is 0. The van der Waals surface area contributed by atoms with Crippen molar-refractivity contribution in [2.75, 3.05) is 49.4 Å². The highest BCUT2D eigenvalue weighted by molar-refractivity contribution is 7.80. The van der Waals surface area contributed by atoms with E-state index in [-0.39, 0.29) is 36.8 Å². The van der Waals surface area contributed by atoms with Gasteiger partial charge in [0.15, 0.2) is 0 Å². The Kier molecular flexibility index (Phi) is 18.2. The average Bonchev–Trinajstić information content (AvgIpc) is 2.53. The summed E-state index contributed by atoms with van der Waals surface area (Å²) in [4.78, 5) is 22.1. The van der Waals surface area contributed by atoms with Crippen molar-refractivity contribution < 1.29 is 57.6 Å². The van der Waals surface area contributed by atoms with Crippen LogP contribution in [-0.2, 0) is 33.6 Å². The Morgan fingerprint density at radius 1 is 0.806 bits per heavy atom. The second-order valence-electron chi connectivity index (χ2n) is 8.38. The highest BCUT2D eigenvalue weighted by Gasteiger charge is 2.23. The molecule has 0 spiro atoms. The first-order valence-electron chi connectivity index (χ1n) is 8.92. The fourth-order valence-electron chi connectivity index (χ4n) is 0.827. The maximum atomic E-state index is 11.1. The maximum Gasteiger partial charge on any atom is 0.337 e. The molecule has 0 aliphatic heterocycles. The van der Waals surface area contributed by atoms with Crippen LogP contribution in [0.3, 0.4) is 0 Å². The molecule has 2 atom stereocenters. The summed E-state index contributed by atoms with van der Waals surface area (Å²) < 4.78 is 42.4. The van der Waals surface area contributed by atoms with Crippen LogP contribution in [0.5, 0.6) is 0 Å². The van der Waals surface area contributed by atoms with E-state index in [2.05, 4.69) is 17.3 Å². The van der Waals surface area contributed by atoms with Crippen molar-refractivity contribution in [2.24, 2.45) is 0 Å². The van der Waals surface area contributed by atoms with Crippen molar-refractivity contribution in [3.05, 3.63) is 24.3 Å². The fourth-order valence-corrected chi connectivity index (χ4v) is 0.827. The van der Waals surface area contributed by atoms with Gasteiger partial charge in [0.2, 0.25) is 22.9 Å². The molecule has 31 heavy (non-hydrogen) atoms. The minimum Gasteiger partial charge on any atom is -1.00 e. The molecule has 0 rings (SSSR count). The standard InChI is InChI=1S/2C9H18NO2.CH4O4S.ClH/c2*1-7(2)9(11)12-8(3)10(4,5)6;1-5-6(2,3)4;/h2*8H,1H2,2-6H3;1H3,(H,2,3,4);1H/q2*+1;;/p-2. The molecule has 0 N–H and O–H groups in total. The molecule has 0 radical (unpaired) electrons. The number of carbonyl (C=O) groups excluding carboxylic acids is 2. The number of rotatable bonds is 7. The number of halogens is 1. The van der Waals surface area contributed by atoms with Gasteiger partial charge in [0.25, 0.3) is 0 Å². The van der Waals surface area contributed by atoms with E-state index in [9.17, 15) is 22.6 Å². The van der Waals surface area contributed by atoms with Crippen molar-refractivity contribution in [1.29, 1.82) is 0 Å². The van der Waals surface area contributed by atoms with Crippen LogP contribution in [0.4, 0.5) is 0 Å². The Morgan fingerprint density at radius 2 is 1.00 bits per heavy atom. The molecular weight excluding hydrogens is 452 g/mol. The Labute approximate surface area is 194 Å². The number of nitrogens with zero attached hydrogens (tertiary/aromatic N) is 2. The highest BCUT2D eigenvalue weighted by Crippen LogP contribution is 2.07. The molecule has 0 aromatic heterocycles. The monoisotopic (exact) mass is 490 g/mol. The van der Waals surface area contributed by atoms with Gasteiger partial charge in [-0.2, -0.15) is 0 Å². The number of esters is 2. The van der Waals surface area contributed by atoms with E-state index in [1.54, 1.807) is 13.8 Å². The number of quaternary nitrogens is 2. The fraction of sp³-hybridized carbons (Fsp3) is 0.684. The summed E-state index contributed by atoms with van der Waals surface area (Å²) in [5.74, 6) is -0.647. The number of ether oxygens (including phenoxy) is 2. The largest absolute Gasteiger partial charge is 1.00 e. The summed E-state index contributed by atoms with van der Waals surface area (Å²) in [7, 11) is 8.21. The zero-order chi connectivity index (χ0) is 25.1. The first kappa shape index (κ1) is 36.8. The van der Waals surface area contributed by atoms with Gasteiger partial charge in [-0.05, 0) is 13.8 Å². The molecule has 0 saturated carbocycles. The minimum absolute atomic E-state index is 0. The molecule has 0 aliphatic carbocycles. The zero-order valence-corrected chi connectivity index (χ0v) is 22.1. The van der Waals surface area contributed by atoms with E-state index in [0.29, 0.717) is 20.1 Å². The Morgan fingerprint density at radius 3 is 1.10 bits per heavy atom. The van der Waals surface area contributed by atoms with Gasteiger partial charge in [-0.3, -0.25) is 13.1 Å². The molecule has 186 valence electrons. The second-order valence-corrected chi connectivity index (χ2v) is 9.53. The molecule has 10 nitrogen and oxygen atoms in total. The van der Waals surface area contributed by atoms with Crippen LogP contribution in [-0.4, -0.2) is 95.7 Å². The van der Waals surface area contributed by atoms with Crippen LogP contribution in [0.2, 0.25) is 0 Å². The SMILES string of the molecule is C=C(C)C(=O)OC(C)[N+](C)(C)C.C=C(C)C(=O)OC(C)[N+](C)(C)C.COS(=O)(=O)[O-].[Cl-]. The van der Waals surface area contributed by atoms with Gasteiger partial charge in [-0.15, -0.1) is 0 Å². The van der Waals surface area contributed by atoms with Crippen molar-refractivity contribution in [3.8, 4) is 0 Å². The van der Waals surface area contributed by atoms with E-state index in [1.807, 2.05) is 56.1 Å². The number of carbonyl (C=O) groups is 2. The van der Waals surface area contributed by atoms with E-state index >= 15 is 0 Å². The lowest BCUT2D eigenvalue weighted by molar-refractivity contribution is -0.914. The van der Waals surface area contributed by atoms with Crippen LogP contribution in [0.15, 0.2) is 24.3 Å². The molecule has 0 saturated heterocycles. The molecule has 0 aromatic carbocycles. The summed E-state index contributed by atoms with van der Waals surface area (Å²) in [6, 6.07) is 0. The van der Waals surface area contributed by atoms with Gasteiger partial charge in [-0.25, -0.2) is 18.0 Å². The highest BCUT2D eigenvalue weighted by atomic mass is 35.5. The van der Waals surface area contributed by atoms with E-state index in [4.69, 9.17) is 9.47 Å². The van der Waals surface area contributed by atoms with Gasteiger partial charge in [0.05, 0.1) is 49.4 Å². The third-order valence-corrected chi connectivity index (χ3v) is 4.05. The third kappa shape index (κ3) is 23.0. The Balaban J connectivity index is -0.000000183. The molecule has 2 unspecified atom stereocenters. The van der Waals surface area contributed by atoms with Crippen LogP contribution in [0.1, 0.15) is 27.7 Å².